The Kier molecular flexibility index (Phi) is 3.61. The van der Waals surface area contributed by atoms with E-state index < -0.39 is 0 Å². The van der Waals surface area contributed by atoms with Crippen LogP contribution >= 0.6 is 0 Å². The summed E-state index contributed by atoms with van der Waals surface area (Å²) in [6, 6.07) is 31.2. The van der Waals surface area contributed by atoms with Crippen molar-refractivity contribution < 1.29 is 9.47 Å². The predicted molar refractivity (Wildman–Crippen MR) is 131 cm³/mol. The molecule has 3 nitrogen and oxygen atoms in total. The summed E-state index contributed by atoms with van der Waals surface area (Å²) in [5.74, 6) is 2.94. The molecule has 0 saturated carbocycles. The molecule has 0 radical (unpaired) electrons. The standard InChI is InChI=1S/C30H21NO2/c1-30(2)22-9-5-4-8-20(22)21-16-28-29(17-23(21)30)32-26-14-12-19(15-27(26)33-28)25-13-11-18-7-3-6-10-24(18)31-25/h3-17H,1-2H3. The van der Waals surface area contributed by atoms with Crippen LogP contribution in [0.3, 0.4) is 0 Å². The first-order valence-electron chi connectivity index (χ1n) is 11.2. The third-order valence-electron chi connectivity index (χ3n) is 6.93. The van der Waals surface area contributed by atoms with Crippen molar-refractivity contribution in [2.75, 3.05) is 0 Å². The van der Waals surface area contributed by atoms with Gasteiger partial charge in [-0.1, -0.05) is 62.4 Å². The van der Waals surface area contributed by atoms with Gasteiger partial charge in [0.1, 0.15) is 0 Å². The molecule has 0 bridgehead atoms. The van der Waals surface area contributed by atoms with Crippen LogP contribution in [0.25, 0.3) is 33.3 Å². The van der Waals surface area contributed by atoms with Crippen molar-refractivity contribution >= 4 is 10.9 Å². The smallest absolute Gasteiger partial charge is 0.170 e. The normalized spacial score (nSPS) is 14.5. The summed E-state index contributed by atoms with van der Waals surface area (Å²) in [6.45, 7) is 4.54. The lowest BCUT2D eigenvalue weighted by molar-refractivity contribution is 0.359. The van der Waals surface area contributed by atoms with E-state index in [-0.39, 0.29) is 5.41 Å². The maximum absolute atomic E-state index is 6.38. The molecule has 0 N–H and O–H groups in total. The van der Waals surface area contributed by atoms with Crippen LogP contribution in [-0.4, -0.2) is 4.98 Å². The lowest BCUT2D eigenvalue weighted by atomic mass is 9.82. The van der Waals surface area contributed by atoms with Crippen LogP contribution in [0.5, 0.6) is 23.0 Å². The number of para-hydroxylation sites is 1. The Morgan fingerprint density at radius 1 is 0.606 bits per heavy atom. The molecule has 2 heterocycles. The zero-order chi connectivity index (χ0) is 22.2. The van der Waals surface area contributed by atoms with Gasteiger partial charge in [0.25, 0.3) is 0 Å². The number of benzene rings is 4. The second-order valence-electron chi connectivity index (χ2n) is 9.27. The average Bonchev–Trinajstić information content (AvgIpc) is 3.07. The molecule has 0 amide bonds. The molecular formula is C30H21NO2. The van der Waals surface area contributed by atoms with E-state index in [1.54, 1.807) is 0 Å². The second kappa shape index (κ2) is 6.46. The summed E-state index contributed by atoms with van der Waals surface area (Å²) < 4.78 is 12.7. The van der Waals surface area contributed by atoms with Gasteiger partial charge in [0.2, 0.25) is 0 Å². The fraction of sp³-hybridized carbons (Fsp3) is 0.100. The second-order valence-corrected chi connectivity index (χ2v) is 9.27. The molecule has 0 atom stereocenters. The number of nitrogens with zero attached hydrogens (tertiary/aromatic N) is 1. The van der Waals surface area contributed by atoms with Gasteiger partial charge in [-0.25, -0.2) is 4.98 Å². The Morgan fingerprint density at radius 2 is 1.36 bits per heavy atom. The molecule has 0 fully saturated rings. The predicted octanol–water partition coefficient (Wildman–Crippen LogP) is 8.11. The number of hydrogen-bond donors (Lipinski definition) is 0. The number of ether oxygens (including phenoxy) is 2. The fourth-order valence-electron chi connectivity index (χ4n) is 5.16. The summed E-state index contributed by atoms with van der Waals surface area (Å²) in [6.07, 6.45) is 0. The van der Waals surface area contributed by atoms with Crippen LogP contribution in [0.1, 0.15) is 25.0 Å². The maximum atomic E-state index is 6.38. The molecule has 5 aromatic rings. The minimum Gasteiger partial charge on any atom is -0.450 e. The molecule has 0 unspecified atom stereocenters. The monoisotopic (exact) mass is 427 g/mol. The van der Waals surface area contributed by atoms with E-state index in [0.29, 0.717) is 5.75 Å². The maximum Gasteiger partial charge on any atom is 0.170 e. The molecule has 1 aliphatic heterocycles. The Balaban J connectivity index is 1.31. The zero-order valence-corrected chi connectivity index (χ0v) is 18.4. The number of fused-ring (bicyclic) bond motifs is 6. The highest BCUT2D eigenvalue weighted by molar-refractivity contribution is 5.84. The molecule has 0 spiro atoms. The fourth-order valence-corrected chi connectivity index (χ4v) is 5.16. The Bertz CT molecular complexity index is 1600. The molecule has 158 valence electrons. The molecule has 4 aromatic carbocycles. The lowest BCUT2D eigenvalue weighted by Crippen LogP contribution is -2.15. The largest absolute Gasteiger partial charge is 0.450 e. The summed E-state index contributed by atoms with van der Waals surface area (Å²) in [5.41, 5.74) is 7.91. The zero-order valence-electron chi connectivity index (χ0n) is 18.4. The van der Waals surface area contributed by atoms with Crippen molar-refractivity contribution in [1.82, 2.24) is 4.98 Å². The molecular weight excluding hydrogens is 406 g/mol. The third kappa shape index (κ3) is 2.66. The number of hydrogen-bond acceptors (Lipinski definition) is 3. The molecule has 1 aromatic heterocycles. The van der Waals surface area contributed by atoms with E-state index in [9.17, 15) is 0 Å². The van der Waals surface area contributed by atoms with Crippen molar-refractivity contribution in [2.24, 2.45) is 0 Å². The van der Waals surface area contributed by atoms with Crippen molar-refractivity contribution in [3.8, 4) is 45.4 Å². The quantitative estimate of drug-likeness (QED) is 0.266. The van der Waals surface area contributed by atoms with E-state index in [1.807, 2.05) is 42.5 Å². The highest BCUT2D eigenvalue weighted by atomic mass is 16.6. The first-order chi connectivity index (χ1) is 16.1. The SMILES string of the molecule is CC1(C)c2ccccc2-c2cc3c(cc21)Oc1ccc(-c2ccc4ccccc4n2)cc1O3. The molecule has 1 aliphatic carbocycles. The van der Waals surface area contributed by atoms with Gasteiger partial charge in [0.05, 0.1) is 11.2 Å². The van der Waals surface area contributed by atoms with E-state index in [0.717, 1.165) is 39.4 Å². The third-order valence-corrected chi connectivity index (χ3v) is 6.93. The first-order valence-corrected chi connectivity index (χ1v) is 11.2. The average molecular weight is 428 g/mol. The van der Waals surface area contributed by atoms with Gasteiger partial charge in [0, 0.05) is 16.4 Å². The first kappa shape index (κ1) is 18.5. The Morgan fingerprint density at radius 3 is 2.30 bits per heavy atom. The van der Waals surface area contributed by atoms with Crippen molar-refractivity contribution in [1.29, 1.82) is 0 Å². The van der Waals surface area contributed by atoms with Gasteiger partial charge in [-0.15, -0.1) is 0 Å². The van der Waals surface area contributed by atoms with Gasteiger partial charge in [0.15, 0.2) is 23.0 Å². The van der Waals surface area contributed by atoms with Gasteiger partial charge in [-0.05, 0) is 64.7 Å². The lowest BCUT2D eigenvalue weighted by Gasteiger charge is -2.25. The molecule has 7 rings (SSSR count). The molecule has 2 aliphatic rings. The van der Waals surface area contributed by atoms with Gasteiger partial charge in [-0.3, -0.25) is 0 Å². The number of pyridine rings is 1. The van der Waals surface area contributed by atoms with E-state index in [4.69, 9.17) is 14.5 Å². The van der Waals surface area contributed by atoms with Crippen LogP contribution in [-0.2, 0) is 5.41 Å². The summed E-state index contributed by atoms with van der Waals surface area (Å²) in [4.78, 5) is 4.83. The highest BCUT2D eigenvalue weighted by Crippen LogP contribution is 2.55. The Hall–Kier alpha value is -4.11. The summed E-state index contributed by atoms with van der Waals surface area (Å²) in [7, 11) is 0. The van der Waals surface area contributed by atoms with Gasteiger partial charge in [-0.2, -0.15) is 0 Å². The highest BCUT2D eigenvalue weighted by Gasteiger charge is 2.37. The van der Waals surface area contributed by atoms with Crippen molar-refractivity contribution in [2.45, 2.75) is 19.3 Å². The molecule has 33 heavy (non-hydrogen) atoms. The van der Waals surface area contributed by atoms with E-state index in [2.05, 4.69) is 62.4 Å². The summed E-state index contributed by atoms with van der Waals surface area (Å²) in [5, 5.41) is 1.13. The number of aromatic nitrogens is 1. The minimum atomic E-state index is -0.0732. The molecule has 0 saturated heterocycles. The van der Waals surface area contributed by atoms with Crippen LogP contribution in [0, 0.1) is 0 Å². The summed E-state index contributed by atoms with van der Waals surface area (Å²) >= 11 is 0. The van der Waals surface area contributed by atoms with Crippen molar-refractivity contribution in [3.05, 3.63) is 102 Å². The molecule has 3 heteroatoms. The topological polar surface area (TPSA) is 31.4 Å². The van der Waals surface area contributed by atoms with Crippen LogP contribution in [0.15, 0.2) is 91.0 Å². The Labute approximate surface area is 192 Å². The van der Waals surface area contributed by atoms with Gasteiger partial charge < -0.3 is 9.47 Å². The van der Waals surface area contributed by atoms with Gasteiger partial charge >= 0.3 is 0 Å². The van der Waals surface area contributed by atoms with Crippen LogP contribution < -0.4 is 9.47 Å². The number of rotatable bonds is 1. The van der Waals surface area contributed by atoms with Crippen molar-refractivity contribution in [3.63, 3.8) is 0 Å². The van der Waals surface area contributed by atoms with Crippen LogP contribution in [0.2, 0.25) is 0 Å². The van der Waals surface area contributed by atoms with E-state index >= 15 is 0 Å². The van der Waals surface area contributed by atoms with E-state index in [1.165, 1.54) is 22.3 Å². The minimum absolute atomic E-state index is 0.0732. The van der Waals surface area contributed by atoms with Crippen LogP contribution in [0.4, 0.5) is 0 Å².